The molecule has 0 saturated heterocycles. The first-order valence-corrected chi connectivity index (χ1v) is 22.2. The Morgan fingerprint density at radius 1 is 0.880 bits per heavy atom. The average molecular weight is 681 g/mol. The van der Waals surface area contributed by atoms with Crippen LogP contribution in [0.2, 0.25) is 19.6 Å². The van der Waals surface area contributed by atoms with Gasteiger partial charge in [-0.25, -0.2) is 4.98 Å². The number of furan rings is 1. The lowest BCUT2D eigenvalue weighted by Crippen LogP contribution is -2.72. The number of benzene rings is 2. The normalized spacial score (nSPS) is 22.2. The summed E-state index contributed by atoms with van der Waals surface area (Å²) in [5.41, 5.74) is 11.8. The van der Waals surface area contributed by atoms with Gasteiger partial charge in [0.1, 0.15) is 16.7 Å². The molecular formula is C45H49N3OSi+2. The Morgan fingerprint density at radius 3 is 2.42 bits per heavy atom. The van der Waals surface area contributed by atoms with Crippen LogP contribution in [0.1, 0.15) is 117 Å². The highest BCUT2D eigenvalue weighted by atomic mass is 28.3. The second-order valence-electron chi connectivity index (χ2n) is 16.5. The molecule has 50 heavy (non-hydrogen) atoms. The monoisotopic (exact) mass is 680 g/mol. The summed E-state index contributed by atoms with van der Waals surface area (Å²) in [4.78, 5) is 4.56. The van der Waals surface area contributed by atoms with Crippen molar-refractivity contribution in [2.24, 2.45) is 0 Å². The van der Waals surface area contributed by atoms with Gasteiger partial charge >= 0.3 is 5.66 Å². The van der Waals surface area contributed by atoms with Crippen molar-refractivity contribution in [1.29, 1.82) is 0 Å². The van der Waals surface area contributed by atoms with Crippen LogP contribution in [0.15, 0.2) is 71.4 Å². The molecule has 252 valence electrons. The van der Waals surface area contributed by atoms with E-state index >= 15 is 0 Å². The summed E-state index contributed by atoms with van der Waals surface area (Å²) in [5, 5.41) is 2.96. The molecule has 2 aliphatic heterocycles. The maximum absolute atomic E-state index is 9.75. The molecule has 0 bridgehead atoms. The molecule has 1 unspecified atom stereocenters. The number of fused-ring (bicyclic) bond motifs is 15. The van der Waals surface area contributed by atoms with E-state index in [1.165, 1.54) is 46.7 Å². The molecule has 4 aliphatic rings. The highest BCUT2D eigenvalue weighted by Crippen LogP contribution is 2.52. The van der Waals surface area contributed by atoms with Crippen LogP contribution >= 0.6 is 0 Å². The van der Waals surface area contributed by atoms with Crippen LogP contribution in [0.3, 0.4) is 0 Å². The maximum atomic E-state index is 9.75. The first-order chi connectivity index (χ1) is 26.0. The lowest BCUT2D eigenvalue weighted by Gasteiger charge is -2.24. The van der Waals surface area contributed by atoms with E-state index in [-0.39, 0.29) is 5.69 Å². The van der Waals surface area contributed by atoms with Crippen LogP contribution in [0.4, 0.5) is 0 Å². The van der Waals surface area contributed by atoms with Gasteiger partial charge in [0.2, 0.25) is 17.1 Å². The fraction of sp³-hybridized carbons (Fsp3) is 0.400. The first kappa shape index (κ1) is 25.8. The van der Waals surface area contributed by atoms with Crippen LogP contribution < -0.4 is 14.3 Å². The standard InChI is InChI=1S/C45H49N3OSi/c1-27(2)35-25-39-36-22-30-14-10-11-15-31(30)23-38(36)45(48(39)26-41(35)50(4,5)6)37-19-18-33-34-17-16-28(3)46-44(34)49-43(33)42(37)40-24-32(20-21-47(40)45)29-12-8-7-9-13-29/h16-27,29H,7-15H2,1-6H3/q+2/i3D3,27D,29D. The van der Waals surface area contributed by atoms with Crippen molar-refractivity contribution >= 4 is 35.3 Å². The molecule has 2 aliphatic carbocycles. The van der Waals surface area contributed by atoms with Crippen molar-refractivity contribution in [3.8, 4) is 22.5 Å². The Balaban J connectivity index is 1.36. The Labute approximate surface area is 304 Å². The Morgan fingerprint density at radius 2 is 1.66 bits per heavy atom. The largest absolute Gasteiger partial charge is 0.437 e. The van der Waals surface area contributed by atoms with Crippen molar-refractivity contribution in [3.63, 3.8) is 0 Å². The number of pyridine rings is 3. The Bertz CT molecular complexity index is 2630. The van der Waals surface area contributed by atoms with E-state index in [4.69, 9.17) is 8.53 Å². The number of nitrogens with zero attached hydrogens (tertiary/aromatic N) is 3. The van der Waals surface area contributed by atoms with Crippen LogP contribution in [0.25, 0.3) is 44.6 Å². The van der Waals surface area contributed by atoms with E-state index < -0.39 is 32.4 Å². The van der Waals surface area contributed by atoms with Gasteiger partial charge in [0.05, 0.1) is 13.6 Å². The molecule has 4 nitrogen and oxygen atoms in total. The van der Waals surface area contributed by atoms with Gasteiger partial charge < -0.3 is 4.42 Å². The number of aromatic nitrogens is 3. The van der Waals surface area contributed by atoms with Crippen LogP contribution in [0, 0.1) is 6.85 Å². The zero-order valence-corrected chi connectivity index (χ0v) is 31.0. The van der Waals surface area contributed by atoms with E-state index in [1.807, 2.05) is 19.9 Å². The third kappa shape index (κ3) is 4.13. The first-order valence-electron chi connectivity index (χ1n) is 21.2. The van der Waals surface area contributed by atoms with Gasteiger partial charge in [-0.3, -0.25) is 0 Å². The molecule has 0 radical (unpaired) electrons. The second kappa shape index (κ2) is 10.7. The maximum Gasteiger partial charge on any atom is 0.417 e. The number of aryl methyl sites for hydroxylation is 3. The van der Waals surface area contributed by atoms with Crippen LogP contribution in [-0.2, 0) is 18.5 Å². The van der Waals surface area contributed by atoms with Crippen molar-refractivity contribution in [2.75, 3.05) is 0 Å². The summed E-state index contributed by atoms with van der Waals surface area (Å²) < 4.78 is 55.1. The van der Waals surface area contributed by atoms with Gasteiger partial charge in [0, 0.05) is 46.7 Å². The summed E-state index contributed by atoms with van der Waals surface area (Å²) in [6.45, 7) is 8.82. The molecule has 2 aromatic carbocycles. The molecule has 1 atom stereocenters. The molecule has 10 rings (SSSR count). The fourth-order valence-corrected chi connectivity index (χ4v) is 11.5. The summed E-state index contributed by atoms with van der Waals surface area (Å²) in [6.07, 6.45) is 14.1. The number of hydrogen-bond acceptors (Lipinski definition) is 2. The summed E-state index contributed by atoms with van der Waals surface area (Å²) >= 11 is 0. The van der Waals surface area contributed by atoms with E-state index in [9.17, 15) is 2.74 Å². The molecule has 6 aromatic rings. The predicted octanol–water partition coefficient (Wildman–Crippen LogP) is 9.72. The van der Waals surface area contributed by atoms with E-state index in [0.717, 1.165) is 82.9 Å². The molecule has 6 heterocycles. The van der Waals surface area contributed by atoms with Crippen molar-refractivity contribution in [3.05, 3.63) is 106 Å². The van der Waals surface area contributed by atoms with E-state index in [1.54, 1.807) is 6.07 Å². The average Bonchev–Trinajstić information content (AvgIpc) is 3.75. The van der Waals surface area contributed by atoms with Gasteiger partial charge in [-0.1, -0.05) is 52.8 Å². The third-order valence-electron chi connectivity index (χ3n) is 12.2. The fourth-order valence-electron chi connectivity index (χ4n) is 9.83. The lowest BCUT2D eigenvalue weighted by molar-refractivity contribution is -0.954. The number of rotatable bonds is 3. The summed E-state index contributed by atoms with van der Waals surface area (Å²) in [6, 6.07) is 19.6. The topological polar surface area (TPSA) is 33.8 Å². The minimum Gasteiger partial charge on any atom is -0.437 e. The molecule has 0 N–H and O–H groups in total. The van der Waals surface area contributed by atoms with E-state index in [2.05, 4.69) is 88.6 Å². The van der Waals surface area contributed by atoms with Gasteiger partial charge in [-0.15, -0.1) is 9.13 Å². The quantitative estimate of drug-likeness (QED) is 0.138. The van der Waals surface area contributed by atoms with Gasteiger partial charge in [0.15, 0.2) is 18.0 Å². The summed E-state index contributed by atoms with van der Waals surface area (Å²) in [7, 11) is -1.99. The zero-order valence-electron chi connectivity index (χ0n) is 35.0. The molecular weight excluding hydrogens is 627 g/mol. The highest BCUT2D eigenvalue weighted by molar-refractivity contribution is 6.89. The highest BCUT2D eigenvalue weighted by Gasteiger charge is 2.68. The molecule has 0 amide bonds. The SMILES string of the molecule is [2H]C([2H])([2H])c1ccc2c(n1)oc1c3c(ccc12)C1(c2cc4c(cc2-c2cc(C([2H])(C)C)c([Si](C)(C)C)c[n+]21)CCCC4)[n+]1ccc(C2([2H])CCCCC2)cc1-3. The zero-order chi connectivity index (χ0) is 38.4. The lowest BCUT2D eigenvalue weighted by atomic mass is 9.83. The minimum atomic E-state index is -2.35. The van der Waals surface area contributed by atoms with Crippen LogP contribution in [-0.4, -0.2) is 13.1 Å². The second-order valence-corrected chi connectivity index (χ2v) is 21.5. The van der Waals surface area contributed by atoms with Gasteiger partial charge in [0.25, 0.3) is 0 Å². The van der Waals surface area contributed by atoms with E-state index in [0.29, 0.717) is 11.3 Å². The van der Waals surface area contributed by atoms with Crippen molar-refractivity contribution < 1.29 is 20.4 Å². The Hall–Kier alpha value is -4.09. The smallest absolute Gasteiger partial charge is 0.417 e. The molecule has 4 aromatic heterocycles. The number of hydrogen-bond donors (Lipinski definition) is 0. The molecule has 5 heteroatoms. The van der Waals surface area contributed by atoms with Gasteiger partial charge in [-0.2, -0.15) is 0 Å². The molecule has 1 fully saturated rings. The van der Waals surface area contributed by atoms with Gasteiger partial charge in [-0.05, 0) is 116 Å². The van der Waals surface area contributed by atoms with Crippen molar-refractivity contribution in [1.82, 2.24) is 4.98 Å². The third-order valence-corrected chi connectivity index (χ3v) is 14.2. The minimum absolute atomic E-state index is 0.0173. The predicted molar refractivity (Wildman–Crippen MR) is 205 cm³/mol. The van der Waals surface area contributed by atoms with Crippen LogP contribution in [0.5, 0.6) is 0 Å². The molecule has 1 spiro atoms. The van der Waals surface area contributed by atoms with Crippen molar-refractivity contribution in [2.45, 2.75) is 116 Å². The molecule has 1 saturated carbocycles. The Kier molecular flexibility index (Phi) is 5.53. The summed E-state index contributed by atoms with van der Waals surface area (Å²) in [5.74, 6) is -1.45.